The van der Waals surface area contributed by atoms with Gasteiger partial charge in [-0.1, -0.05) is 12.1 Å². The molecule has 0 saturated heterocycles. The molecule has 1 heterocycles. The summed E-state index contributed by atoms with van der Waals surface area (Å²) in [5.41, 5.74) is 2.80. The van der Waals surface area contributed by atoms with Crippen molar-refractivity contribution in [2.45, 2.75) is 39.2 Å². The van der Waals surface area contributed by atoms with Gasteiger partial charge < -0.3 is 5.32 Å². The lowest BCUT2D eigenvalue weighted by Crippen LogP contribution is -2.48. The van der Waals surface area contributed by atoms with Crippen LogP contribution in [0, 0.1) is 17.2 Å². The molecule has 1 amide bonds. The number of hydrogen-bond donors (Lipinski definition) is 1. The van der Waals surface area contributed by atoms with Gasteiger partial charge in [-0.05, 0) is 68.4 Å². The van der Waals surface area contributed by atoms with E-state index < -0.39 is 5.41 Å². The zero-order valence-electron chi connectivity index (χ0n) is 14.6. The van der Waals surface area contributed by atoms with E-state index in [2.05, 4.69) is 15.5 Å². The number of rotatable bonds is 3. The number of amides is 1. The summed E-state index contributed by atoms with van der Waals surface area (Å²) in [5, 5.41) is 11.9. The first kappa shape index (κ1) is 16.2. The third-order valence-corrected chi connectivity index (χ3v) is 5.89. The van der Waals surface area contributed by atoms with E-state index in [1.807, 2.05) is 19.9 Å². The molecule has 0 spiro atoms. The van der Waals surface area contributed by atoms with Gasteiger partial charge in [0.25, 0.3) is 0 Å². The Kier molecular flexibility index (Phi) is 3.82. The highest BCUT2D eigenvalue weighted by atomic mass is 19.1. The van der Waals surface area contributed by atoms with Gasteiger partial charge in [-0.2, -0.15) is 10.2 Å². The smallest absolute Gasteiger partial charge is 0.228 e. The first-order chi connectivity index (χ1) is 12.1. The van der Waals surface area contributed by atoms with Crippen LogP contribution in [0.1, 0.15) is 38.7 Å². The normalized spacial score (nSPS) is 30.1. The van der Waals surface area contributed by atoms with Crippen molar-refractivity contribution in [3.05, 3.63) is 52.9 Å². The summed E-state index contributed by atoms with van der Waals surface area (Å²) in [6, 6.07) is 6.38. The summed E-state index contributed by atoms with van der Waals surface area (Å²) < 4.78 is 14.2. The van der Waals surface area contributed by atoms with Crippen molar-refractivity contribution in [2.75, 3.05) is 6.54 Å². The number of allylic oxidation sites excluding steroid dienone is 2. The molecule has 1 aromatic rings. The topological polar surface area (TPSA) is 53.8 Å². The Balaban J connectivity index is 1.80. The predicted octanol–water partition coefficient (Wildman–Crippen LogP) is 4.25. The zero-order chi connectivity index (χ0) is 17.6. The second-order valence-corrected chi connectivity index (χ2v) is 7.22. The minimum absolute atomic E-state index is 0.0780. The molecule has 1 aromatic carbocycles. The van der Waals surface area contributed by atoms with Gasteiger partial charge in [0, 0.05) is 12.1 Å². The monoisotopic (exact) mass is 339 g/mol. The van der Waals surface area contributed by atoms with E-state index in [-0.39, 0.29) is 17.8 Å². The Bertz CT molecular complexity index is 826. The Morgan fingerprint density at radius 2 is 2.20 bits per heavy atom. The fourth-order valence-corrected chi connectivity index (χ4v) is 4.68. The van der Waals surface area contributed by atoms with E-state index in [1.165, 1.54) is 11.6 Å². The molecule has 3 atom stereocenters. The third-order valence-electron chi connectivity index (χ3n) is 5.89. The van der Waals surface area contributed by atoms with Gasteiger partial charge in [-0.3, -0.25) is 4.79 Å². The first-order valence-electron chi connectivity index (χ1n) is 8.93. The summed E-state index contributed by atoms with van der Waals surface area (Å²) in [4.78, 5) is 12.8. The molecule has 5 heteroatoms. The van der Waals surface area contributed by atoms with E-state index in [4.69, 9.17) is 0 Å². The summed E-state index contributed by atoms with van der Waals surface area (Å²) in [7, 11) is 0. The third kappa shape index (κ3) is 2.36. The molecular formula is C20H22FN3O. The van der Waals surface area contributed by atoms with Crippen molar-refractivity contribution in [2.24, 2.45) is 21.6 Å². The number of benzene rings is 1. The summed E-state index contributed by atoms with van der Waals surface area (Å²) in [6.07, 6.45) is 4.58. The van der Waals surface area contributed by atoms with Gasteiger partial charge >= 0.3 is 0 Å². The number of fused-ring (bicyclic) bond motifs is 5. The molecule has 1 saturated carbocycles. The van der Waals surface area contributed by atoms with Crippen LogP contribution in [-0.4, -0.2) is 18.5 Å². The SMILES string of the molecule is CCNC(=O)[C@@]12CC[C@@H](C1)C1=C(C)C2N=NC(c2ccccc2F)=C1. The minimum atomic E-state index is -0.504. The second-order valence-electron chi connectivity index (χ2n) is 7.22. The van der Waals surface area contributed by atoms with Crippen LogP contribution in [0.25, 0.3) is 5.70 Å². The van der Waals surface area contributed by atoms with Crippen molar-refractivity contribution in [3.8, 4) is 0 Å². The number of azo groups is 1. The van der Waals surface area contributed by atoms with Gasteiger partial charge in [0.05, 0.1) is 11.1 Å². The number of nitrogens with zero attached hydrogens (tertiary/aromatic N) is 2. The van der Waals surface area contributed by atoms with Gasteiger partial charge in [-0.15, -0.1) is 0 Å². The number of carbonyl (C=O) groups is 1. The van der Waals surface area contributed by atoms with Crippen molar-refractivity contribution < 1.29 is 9.18 Å². The van der Waals surface area contributed by atoms with E-state index in [0.717, 1.165) is 24.8 Å². The largest absolute Gasteiger partial charge is 0.356 e. The highest BCUT2D eigenvalue weighted by molar-refractivity contribution is 5.85. The lowest BCUT2D eigenvalue weighted by Gasteiger charge is -2.37. The average Bonchev–Trinajstić information content (AvgIpc) is 2.95. The van der Waals surface area contributed by atoms with Crippen molar-refractivity contribution >= 4 is 11.6 Å². The Morgan fingerprint density at radius 3 is 2.96 bits per heavy atom. The zero-order valence-corrected chi connectivity index (χ0v) is 14.6. The van der Waals surface area contributed by atoms with Crippen LogP contribution in [0.3, 0.4) is 0 Å². The lowest BCUT2D eigenvalue weighted by molar-refractivity contribution is -0.131. The summed E-state index contributed by atoms with van der Waals surface area (Å²) in [6.45, 7) is 4.60. The molecule has 1 unspecified atom stereocenters. The van der Waals surface area contributed by atoms with Crippen LogP contribution in [0.4, 0.5) is 4.39 Å². The number of hydrogen-bond acceptors (Lipinski definition) is 3. The maximum atomic E-state index is 14.2. The van der Waals surface area contributed by atoms with Crippen LogP contribution in [0.5, 0.6) is 0 Å². The van der Waals surface area contributed by atoms with Crippen molar-refractivity contribution in [3.63, 3.8) is 0 Å². The minimum Gasteiger partial charge on any atom is -0.356 e. The van der Waals surface area contributed by atoms with E-state index in [1.54, 1.807) is 18.2 Å². The van der Waals surface area contributed by atoms with Crippen molar-refractivity contribution in [1.29, 1.82) is 0 Å². The van der Waals surface area contributed by atoms with Crippen LogP contribution in [0.2, 0.25) is 0 Å². The highest BCUT2D eigenvalue weighted by Gasteiger charge is 2.56. The fraction of sp³-hybridized carbons (Fsp3) is 0.450. The van der Waals surface area contributed by atoms with Gasteiger partial charge in [0.2, 0.25) is 5.91 Å². The van der Waals surface area contributed by atoms with Crippen LogP contribution in [-0.2, 0) is 4.79 Å². The van der Waals surface area contributed by atoms with Crippen molar-refractivity contribution in [1.82, 2.24) is 5.32 Å². The standard InChI is InChI=1S/C20H22FN3O/c1-3-22-19(25)20-9-8-13(11-20)15-10-17(23-24-18(20)12(15)2)14-6-4-5-7-16(14)21/h4-7,10,13,18H,3,8-9,11H2,1-2H3,(H,22,25)/t13-,18?,20-/m0/s1. The quantitative estimate of drug-likeness (QED) is 0.879. The maximum absolute atomic E-state index is 14.2. The van der Waals surface area contributed by atoms with Crippen LogP contribution >= 0.6 is 0 Å². The van der Waals surface area contributed by atoms with Crippen LogP contribution < -0.4 is 5.32 Å². The predicted molar refractivity (Wildman–Crippen MR) is 94.2 cm³/mol. The molecular weight excluding hydrogens is 317 g/mol. The molecule has 0 radical (unpaired) electrons. The first-order valence-corrected chi connectivity index (χ1v) is 8.93. The number of carbonyl (C=O) groups excluding carboxylic acids is 1. The average molecular weight is 339 g/mol. The van der Waals surface area contributed by atoms with E-state index >= 15 is 0 Å². The molecule has 0 aromatic heterocycles. The van der Waals surface area contributed by atoms with Gasteiger partial charge in [-0.25, -0.2) is 4.39 Å². The molecule has 3 aliphatic rings. The molecule has 25 heavy (non-hydrogen) atoms. The molecule has 1 fully saturated rings. The fourth-order valence-electron chi connectivity index (χ4n) is 4.68. The van der Waals surface area contributed by atoms with E-state index in [0.29, 0.717) is 23.7 Å². The Morgan fingerprint density at radius 1 is 1.40 bits per heavy atom. The molecule has 1 N–H and O–H groups in total. The van der Waals surface area contributed by atoms with Gasteiger partial charge in [0.1, 0.15) is 11.9 Å². The molecule has 4 bridgehead atoms. The second kappa shape index (κ2) is 5.90. The van der Waals surface area contributed by atoms with E-state index in [9.17, 15) is 9.18 Å². The Labute approximate surface area is 146 Å². The summed E-state index contributed by atoms with van der Waals surface area (Å²) in [5.74, 6) is 0.101. The van der Waals surface area contributed by atoms with Gasteiger partial charge in [0.15, 0.2) is 0 Å². The number of nitrogens with one attached hydrogen (secondary N) is 1. The van der Waals surface area contributed by atoms with Crippen LogP contribution in [0.15, 0.2) is 51.7 Å². The molecule has 4 nitrogen and oxygen atoms in total. The molecule has 2 aliphatic carbocycles. The number of halogens is 1. The molecule has 130 valence electrons. The summed E-state index contributed by atoms with van der Waals surface area (Å²) >= 11 is 0. The lowest BCUT2D eigenvalue weighted by atomic mass is 9.69. The molecule has 1 aliphatic heterocycles. The highest BCUT2D eigenvalue weighted by Crippen LogP contribution is 2.56. The maximum Gasteiger partial charge on any atom is 0.228 e. The Hall–Kier alpha value is -2.30. The molecule has 4 rings (SSSR count).